The quantitative estimate of drug-likeness (QED) is 0.571. The molecule has 94 valence electrons. The second-order valence-corrected chi connectivity index (χ2v) is 6.74. The van der Waals surface area contributed by atoms with Crippen molar-refractivity contribution in [2.24, 2.45) is 0 Å². The van der Waals surface area contributed by atoms with Gasteiger partial charge in [0.2, 0.25) is 0 Å². The lowest BCUT2D eigenvalue weighted by molar-refractivity contribution is 0.102. The largest absolute Gasteiger partial charge is 0.293 e. The molecule has 0 saturated carbocycles. The van der Waals surface area contributed by atoms with Crippen LogP contribution in [0, 0.1) is 5.82 Å². The van der Waals surface area contributed by atoms with Crippen molar-refractivity contribution in [1.29, 1.82) is 0 Å². The van der Waals surface area contributed by atoms with Crippen LogP contribution in [-0.4, -0.2) is 11.5 Å². The van der Waals surface area contributed by atoms with E-state index in [-0.39, 0.29) is 17.4 Å². The zero-order valence-corrected chi connectivity index (χ0v) is 12.1. The van der Waals surface area contributed by atoms with Crippen molar-refractivity contribution in [1.82, 2.24) is 0 Å². The van der Waals surface area contributed by atoms with E-state index in [0.29, 0.717) is 19.1 Å². The number of ketones is 1. The summed E-state index contributed by atoms with van der Waals surface area (Å²) in [5.74, 6) is -0.225. The van der Waals surface area contributed by atoms with Crippen molar-refractivity contribution in [3.05, 3.63) is 50.4 Å². The number of hydrogen-bond donors (Lipinski definition) is 0. The highest BCUT2D eigenvalue weighted by atomic mass is 35.5. The molecule has 0 radical (unpaired) electrons. The van der Waals surface area contributed by atoms with Gasteiger partial charge < -0.3 is 0 Å². The van der Waals surface area contributed by atoms with Crippen LogP contribution in [0.1, 0.15) is 10.4 Å². The molecule has 0 aliphatic carbocycles. The van der Waals surface area contributed by atoms with E-state index < -0.39 is 0 Å². The molecule has 0 amide bonds. The number of halogens is 3. The first-order valence-corrected chi connectivity index (χ1v) is 7.48. The number of Topliss-reactive ketones (excluding diaryl/α,β-unsaturated/α-hetero) is 1. The standard InChI is InChI=1S/C12H7Cl2FOS2/c13-11-5-9(12(14)18-11)10(16)6-17-8-3-1-2-7(15)4-8/h1-5H,6H2. The summed E-state index contributed by atoms with van der Waals surface area (Å²) < 4.78 is 13.8. The van der Waals surface area contributed by atoms with Gasteiger partial charge in [0.15, 0.2) is 5.78 Å². The third-order valence-corrected chi connectivity index (χ3v) is 4.60. The first-order chi connectivity index (χ1) is 8.56. The minimum absolute atomic E-state index is 0.114. The number of rotatable bonds is 4. The predicted molar refractivity (Wildman–Crippen MR) is 75.8 cm³/mol. The molecule has 1 aromatic carbocycles. The lowest BCUT2D eigenvalue weighted by atomic mass is 10.2. The molecule has 18 heavy (non-hydrogen) atoms. The van der Waals surface area contributed by atoms with E-state index in [1.165, 1.54) is 23.9 Å². The Bertz CT molecular complexity index is 583. The number of thioether (sulfide) groups is 1. The van der Waals surface area contributed by atoms with Crippen LogP contribution in [0.3, 0.4) is 0 Å². The van der Waals surface area contributed by atoms with Crippen LogP contribution >= 0.6 is 46.3 Å². The smallest absolute Gasteiger partial charge is 0.175 e. The van der Waals surface area contributed by atoms with Crippen LogP contribution in [0.5, 0.6) is 0 Å². The fourth-order valence-electron chi connectivity index (χ4n) is 1.31. The predicted octanol–water partition coefficient (Wildman–Crippen LogP) is 5.17. The molecule has 1 heterocycles. The second kappa shape index (κ2) is 6.06. The molecule has 1 nitrogen and oxygen atoms in total. The van der Waals surface area contributed by atoms with Gasteiger partial charge >= 0.3 is 0 Å². The lowest BCUT2D eigenvalue weighted by Gasteiger charge is -2.00. The number of benzene rings is 1. The molecule has 0 aliphatic rings. The number of carbonyl (C=O) groups is 1. The summed E-state index contributed by atoms with van der Waals surface area (Å²) in [6.45, 7) is 0. The Kier molecular flexibility index (Phi) is 4.67. The van der Waals surface area contributed by atoms with E-state index in [0.717, 1.165) is 11.3 Å². The van der Waals surface area contributed by atoms with Crippen LogP contribution in [-0.2, 0) is 0 Å². The highest BCUT2D eigenvalue weighted by molar-refractivity contribution is 8.00. The molecule has 1 aromatic heterocycles. The molecule has 0 saturated heterocycles. The van der Waals surface area contributed by atoms with E-state index in [9.17, 15) is 9.18 Å². The van der Waals surface area contributed by atoms with Crippen molar-refractivity contribution in [2.45, 2.75) is 4.90 Å². The highest BCUT2D eigenvalue weighted by Gasteiger charge is 2.14. The van der Waals surface area contributed by atoms with Crippen molar-refractivity contribution in [3.8, 4) is 0 Å². The molecule has 0 N–H and O–H groups in total. The monoisotopic (exact) mass is 320 g/mol. The minimum Gasteiger partial charge on any atom is -0.293 e. The highest BCUT2D eigenvalue weighted by Crippen LogP contribution is 2.32. The van der Waals surface area contributed by atoms with Gasteiger partial charge in [0.25, 0.3) is 0 Å². The van der Waals surface area contributed by atoms with Gasteiger partial charge in [-0.2, -0.15) is 0 Å². The maximum absolute atomic E-state index is 12.9. The van der Waals surface area contributed by atoms with Gasteiger partial charge in [0.1, 0.15) is 10.2 Å². The summed E-state index contributed by atoms with van der Waals surface area (Å²) in [4.78, 5) is 12.6. The van der Waals surface area contributed by atoms with Gasteiger partial charge in [-0.05, 0) is 24.3 Å². The molecule has 6 heteroatoms. The molecule has 2 rings (SSSR count). The van der Waals surface area contributed by atoms with Crippen molar-refractivity contribution >= 4 is 52.1 Å². The number of carbonyl (C=O) groups excluding carboxylic acids is 1. The minimum atomic E-state index is -0.316. The van der Waals surface area contributed by atoms with E-state index in [4.69, 9.17) is 23.2 Å². The Morgan fingerprint density at radius 3 is 2.72 bits per heavy atom. The van der Waals surface area contributed by atoms with Crippen molar-refractivity contribution in [2.75, 3.05) is 5.75 Å². The van der Waals surface area contributed by atoms with Gasteiger partial charge in [-0.25, -0.2) is 4.39 Å². The Balaban J connectivity index is 2.03. The summed E-state index contributed by atoms with van der Waals surface area (Å²) in [6, 6.07) is 7.67. The molecule has 0 fully saturated rings. The van der Waals surface area contributed by atoms with E-state index in [1.54, 1.807) is 18.2 Å². The first kappa shape index (κ1) is 13.9. The third-order valence-electron chi connectivity index (χ3n) is 2.12. The molecular formula is C12H7Cl2FOS2. The third kappa shape index (κ3) is 3.48. The lowest BCUT2D eigenvalue weighted by Crippen LogP contribution is -2.01. The summed E-state index contributed by atoms with van der Waals surface area (Å²) in [7, 11) is 0. The average molecular weight is 321 g/mol. The maximum atomic E-state index is 12.9. The van der Waals surface area contributed by atoms with Gasteiger partial charge in [-0.3, -0.25) is 4.79 Å². The molecule has 0 unspecified atom stereocenters. The normalized spacial score (nSPS) is 10.6. The number of hydrogen-bond acceptors (Lipinski definition) is 3. The zero-order valence-electron chi connectivity index (χ0n) is 8.95. The Labute approximate surface area is 122 Å². The average Bonchev–Trinajstić information content (AvgIpc) is 2.66. The van der Waals surface area contributed by atoms with Crippen LogP contribution in [0.2, 0.25) is 8.67 Å². The van der Waals surface area contributed by atoms with Crippen LogP contribution in [0.25, 0.3) is 0 Å². The Morgan fingerprint density at radius 2 is 2.11 bits per heavy atom. The fourth-order valence-corrected chi connectivity index (χ4v) is 3.64. The SMILES string of the molecule is O=C(CSc1cccc(F)c1)c1cc(Cl)sc1Cl. The van der Waals surface area contributed by atoms with Gasteiger partial charge in [0.05, 0.1) is 10.1 Å². The summed E-state index contributed by atoms with van der Waals surface area (Å²) in [6.07, 6.45) is 0. The van der Waals surface area contributed by atoms with Gasteiger partial charge in [0, 0.05) is 10.5 Å². The Morgan fingerprint density at radius 1 is 1.33 bits per heavy atom. The Hall–Kier alpha value is -0.550. The maximum Gasteiger partial charge on any atom is 0.175 e. The van der Waals surface area contributed by atoms with Crippen LogP contribution in [0.4, 0.5) is 4.39 Å². The van der Waals surface area contributed by atoms with E-state index in [1.807, 2.05) is 0 Å². The van der Waals surface area contributed by atoms with Crippen molar-refractivity contribution in [3.63, 3.8) is 0 Å². The summed E-state index contributed by atoms with van der Waals surface area (Å²) in [5, 5.41) is 0. The van der Waals surface area contributed by atoms with Crippen LogP contribution in [0.15, 0.2) is 35.2 Å². The van der Waals surface area contributed by atoms with E-state index >= 15 is 0 Å². The number of thiophene rings is 1. The molecule has 0 atom stereocenters. The van der Waals surface area contributed by atoms with Crippen molar-refractivity contribution < 1.29 is 9.18 Å². The van der Waals surface area contributed by atoms with Crippen LogP contribution < -0.4 is 0 Å². The first-order valence-electron chi connectivity index (χ1n) is 4.92. The van der Waals surface area contributed by atoms with Gasteiger partial charge in [-0.1, -0.05) is 29.3 Å². The molecule has 0 bridgehead atoms. The zero-order chi connectivity index (χ0) is 13.1. The second-order valence-electron chi connectivity index (χ2n) is 3.41. The molecular weight excluding hydrogens is 314 g/mol. The van der Waals surface area contributed by atoms with E-state index in [2.05, 4.69) is 0 Å². The molecule has 0 aliphatic heterocycles. The summed E-state index contributed by atoms with van der Waals surface area (Å²) >= 11 is 14.1. The molecule has 2 aromatic rings. The fraction of sp³-hybridized carbons (Fsp3) is 0.0833. The molecule has 0 spiro atoms. The van der Waals surface area contributed by atoms with Gasteiger partial charge in [-0.15, -0.1) is 23.1 Å². The summed E-state index contributed by atoms with van der Waals surface area (Å²) in [5.41, 5.74) is 0.426. The topological polar surface area (TPSA) is 17.1 Å².